The van der Waals surface area contributed by atoms with Crippen LogP contribution in [0.4, 0.5) is 0 Å². The van der Waals surface area contributed by atoms with Gasteiger partial charge in [0.15, 0.2) is 6.29 Å². The molecule has 0 radical (unpaired) electrons. The van der Waals surface area contributed by atoms with Gasteiger partial charge in [0.1, 0.15) is 11.7 Å². The third-order valence-electron chi connectivity index (χ3n) is 3.70. The van der Waals surface area contributed by atoms with Crippen LogP contribution < -0.4 is 0 Å². The predicted octanol–water partition coefficient (Wildman–Crippen LogP) is 2.32. The number of allylic oxidation sites excluding steroid dienone is 1. The monoisotopic (exact) mass is 344 g/mol. The summed E-state index contributed by atoms with van der Waals surface area (Å²) in [6.07, 6.45) is 2.03. The van der Waals surface area contributed by atoms with Crippen molar-refractivity contribution >= 4 is 5.97 Å². The van der Waals surface area contributed by atoms with E-state index in [2.05, 4.69) is 0 Å². The molecule has 0 amide bonds. The van der Waals surface area contributed by atoms with Crippen LogP contribution in [0.1, 0.15) is 60.8 Å². The van der Waals surface area contributed by atoms with Crippen LogP contribution in [0.25, 0.3) is 0 Å². The molecule has 1 fully saturated rings. The van der Waals surface area contributed by atoms with Crippen molar-refractivity contribution in [3.05, 3.63) is 12.2 Å². The Hall–Kier alpha value is -0.950. The van der Waals surface area contributed by atoms with Crippen molar-refractivity contribution in [3.63, 3.8) is 0 Å². The number of aliphatic hydroxyl groups excluding tert-OH is 2. The van der Waals surface area contributed by atoms with E-state index in [1.54, 1.807) is 13.0 Å². The van der Waals surface area contributed by atoms with Crippen LogP contribution >= 0.6 is 0 Å². The Morgan fingerprint density at radius 3 is 2.42 bits per heavy atom. The maximum absolute atomic E-state index is 11.6. The highest BCUT2D eigenvalue weighted by molar-refractivity contribution is 5.82. The lowest BCUT2D eigenvalue weighted by Gasteiger charge is -2.39. The number of hydrogen-bond acceptors (Lipinski definition) is 6. The van der Waals surface area contributed by atoms with Crippen LogP contribution in [0.2, 0.25) is 0 Å². The molecular weight excluding hydrogens is 312 g/mol. The third kappa shape index (κ3) is 7.75. The summed E-state index contributed by atoms with van der Waals surface area (Å²) < 4.78 is 16.6. The molecule has 0 aliphatic carbocycles. The number of carbonyl (C=O) groups is 1. The summed E-state index contributed by atoms with van der Waals surface area (Å²) in [6, 6.07) is 0. The molecule has 6 nitrogen and oxygen atoms in total. The topological polar surface area (TPSA) is 85.2 Å². The van der Waals surface area contributed by atoms with E-state index in [-0.39, 0.29) is 18.5 Å². The molecule has 0 aromatic rings. The first-order valence-electron chi connectivity index (χ1n) is 8.48. The van der Waals surface area contributed by atoms with Gasteiger partial charge in [-0.2, -0.15) is 0 Å². The highest BCUT2D eigenvalue weighted by Gasteiger charge is 2.37. The fourth-order valence-corrected chi connectivity index (χ4v) is 2.37. The zero-order valence-corrected chi connectivity index (χ0v) is 15.6. The van der Waals surface area contributed by atoms with Crippen LogP contribution in [0.15, 0.2) is 12.2 Å². The first-order chi connectivity index (χ1) is 10.9. The minimum absolute atomic E-state index is 0.237. The quantitative estimate of drug-likeness (QED) is 0.568. The van der Waals surface area contributed by atoms with Crippen molar-refractivity contribution in [1.29, 1.82) is 0 Å². The normalized spacial score (nSPS) is 29.0. The van der Waals surface area contributed by atoms with E-state index in [1.165, 1.54) is 6.08 Å². The van der Waals surface area contributed by atoms with Crippen molar-refractivity contribution in [2.75, 3.05) is 0 Å². The van der Waals surface area contributed by atoms with E-state index in [4.69, 9.17) is 14.2 Å². The molecule has 24 heavy (non-hydrogen) atoms. The molecule has 0 spiro atoms. The SMILES string of the molecule is C[C@@H]1O[C@@H](OC(C)(C)CCC=CC(=O)OC(C)(C)C)[C@H](O)C[C@H]1O. The van der Waals surface area contributed by atoms with Gasteiger partial charge in [-0.15, -0.1) is 0 Å². The average molecular weight is 344 g/mol. The van der Waals surface area contributed by atoms with Crippen LogP contribution in [0.5, 0.6) is 0 Å². The summed E-state index contributed by atoms with van der Waals surface area (Å²) in [7, 11) is 0. The van der Waals surface area contributed by atoms with Crippen LogP contribution in [0, 0.1) is 0 Å². The summed E-state index contributed by atoms with van der Waals surface area (Å²) in [4.78, 5) is 11.6. The van der Waals surface area contributed by atoms with E-state index in [0.29, 0.717) is 12.8 Å². The number of rotatable bonds is 6. The summed E-state index contributed by atoms with van der Waals surface area (Å²) in [5, 5.41) is 19.7. The first kappa shape index (κ1) is 21.1. The third-order valence-corrected chi connectivity index (χ3v) is 3.70. The Labute approximate surface area is 144 Å². The van der Waals surface area contributed by atoms with Crippen molar-refractivity contribution in [3.8, 4) is 0 Å². The highest BCUT2D eigenvalue weighted by atomic mass is 16.7. The van der Waals surface area contributed by atoms with E-state index in [9.17, 15) is 15.0 Å². The molecule has 0 aromatic heterocycles. The summed E-state index contributed by atoms with van der Waals surface area (Å²) >= 11 is 0. The lowest BCUT2D eigenvalue weighted by atomic mass is 10.0. The van der Waals surface area contributed by atoms with Gasteiger partial charge in [0.2, 0.25) is 0 Å². The molecule has 140 valence electrons. The van der Waals surface area contributed by atoms with Gasteiger partial charge in [-0.05, 0) is 54.4 Å². The number of aliphatic hydroxyl groups is 2. The fourth-order valence-electron chi connectivity index (χ4n) is 2.37. The van der Waals surface area contributed by atoms with Crippen molar-refractivity contribution in [2.45, 2.75) is 96.6 Å². The molecule has 1 aliphatic rings. The summed E-state index contributed by atoms with van der Waals surface area (Å²) in [5.74, 6) is -0.366. The summed E-state index contributed by atoms with van der Waals surface area (Å²) in [6.45, 7) is 11.0. The minimum Gasteiger partial charge on any atom is -0.457 e. The number of esters is 1. The van der Waals surface area contributed by atoms with Crippen molar-refractivity contribution in [2.24, 2.45) is 0 Å². The highest BCUT2D eigenvalue weighted by Crippen LogP contribution is 2.27. The molecule has 2 N–H and O–H groups in total. The molecule has 6 heteroatoms. The molecule has 1 rings (SSSR count). The molecule has 0 saturated carbocycles. The zero-order valence-electron chi connectivity index (χ0n) is 15.6. The summed E-state index contributed by atoms with van der Waals surface area (Å²) in [5.41, 5.74) is -1.04. The smallest absolute Gasteiger partial charge is 0.330 e. The number of ether oxygens (including phenoxy) is 3. The molecule has 0 unspecified atom stereocenters. The Bertz CT molecular complexity index is 437. The Morgan fingerprint density at radius 2 is 1.83 bits per heavy atom. The van der Waals surface area contributed by atoms with Gasteiger partial charge in [-0.1, -0.05) is 6.08 Å². The van der Waals surface area contributed by atoms with Crippen LogP contribution in [0.3, 0.4) is 0 Å². The maximum atomic E-state index is 11.6. The van der Waals surface area contributed by atoms with Gasteiger partial charge >= 0.3 is 5.97 Å². The Morgan fingerprint density at radius 1 is 1.21 bits per heavy atom. The van der Waals surface area contributed by atoms with Crippen LogP contribution in [-0.4, -0.2) is 52.0 Å². The standard InChI is InChI=1S/C18H32O6/c1-12-13(19)11-14(20)16(22-12)24-18(5,6)10-8-7-9-15(21)23-17(2,3)4/h7,9,12-14,16,19-20H,8,10-11H2,1-6H3/t12-,13+,14+,16-/m0/s1. The van der Waals surface area contributed by atoms with E-state index in [0.717, 1.165) is 0 Å². The van der Waals surface area contributed by atoms with Crippen molar-refractivity contribution < 1.29 is 29.2 Å². The zero-order chi connectivity index (χ0) is 18.5. The van der Waals surface area contributed by atoms with Gasteiger partial charge in [0.25, 0.3) is 0 Å². The average Bonchev–Trinajstić information content (AvgIpc) is 2.39. The lowest BCUT2D eigenvalue weighted by Crippen LogP contribution is -2.49. The van der Waals surface area contributed by atoms with E-state index < -0.39 is 29.7 Å². The van der Waals surface area contributed by atoms with E-state index >= 15 is 0 Å². The van der Waals surface area contributed by atoms with Gasteiger partial charge in [-0.25, -0.2) is 4.79 Å². The molecule has 0 bridgehead atoms. The van der Waals surface area contributed by atoms with Crippen molar-refractivity contribution in [1.82, 2.24) is 0 Å². The Balaban J connectivity index is 2.42. The first-order valence-corrected chi connectivity index (χ1v) is 8.48. The van der Waals surface area contributed by atoms with Gasteiger partial charge in [-0.3, -0.25) is 0 Å². The largest absolute Gasteiger partial charge is 0.457 e. The van der Waals surface area contributed by atoms with Gasteiger partial charge in [0, 0.05) is 12.5 Å². The fraction of sp³-hybridized carbons (Fsp3) is 0.833. The van der Waals surface area contributed by atoms with Gasteiger partial charge < -0.3 is 24.4 Å². The second-order valence-corrected chi connectivity index (χ2v) is 7.93. The van der Waals surface area contributed by atoms with Gasteiger partial charge in [0.05, 0.1) is 17.8 Å². The molecular formula is C18H32O6. The molecule has 1 saturated heterocycles. The molecule has 0 aromatic carbocycles. The molecule has 1 aliphatic heterocycles. The Kier molecular flexibility index (Phi) is 7.41. The predicted molar refractivity (Wildman–Crippen MR) is 90.3 cm³/mol. The minimum atomic E-state index is -0.854. The second kappa shape index (κ2) is 8.43. The lowest BCUT2D eigenvalue weighted by molar-refractivity contribution is -0.291. The number of carbonyl (C=O) groups excluding carboxylic acids is 1. The molecule has 4 atom stereocenters. The number of hydrogen-bond donors (Lipinski definition) is 2. The maximum Gasteiger partial charge on any atom is 0.330 e. The second-order valence-electron chi connectivity index (χ2n) is 7.93. The molecule has 1 heterocycles. The van der Waals surface area contributed by atoms with E-state index in [1.807, 2.05) is 34.6 Å². The van der Waals surface area contributed by atoms with Crippen LogP contribution in [-0.2, 0) is 19.0 Å².